The first-order valence-electron chi connectivity index (χ1n) is 12.6. The minimum absolute atomic E-state index is 0.0485. The highest BCUT2D eigenvalue weighted by atomic mass is 16.5. The van der Waals surface area contributed by atoms with Gasteiger partial charge in [-0.15, -0.1) is 0 Å². The molecule has 1 amide bonds. The molecule has 5 atom stereocenters. The number of nitrogens with one attached hydrogen (secondary N) is 1. The first-order valence-corrected chi connectivity index (χ1v) is 12.6. The number of pyridine rings is 1. The zero-order valence-corrected chi connectivity index (χ0v) is 21.0. The molecule has 36 heavy (non-hydrogen) atoms. The second-order valence-corrected chi connectivity index (χ2v) is 10.3. The normalized spacial score (nSPS) is 24.5. The van der Waals surface area contributed by atoms with Crippen LogP contribution in [0.1, 0.15) is 48.3 Å². The average molecular weight is 495 g/mol. The van der Waals surface area contributed by atoms with Crippen LogP contribution in [0.3, 0.4) is 0 Å². The summed E-state index contributed by atoms with van der Waals surface area (Å²) in [5.74, 6) is -2.90. The maximum atomic E-state index is 13.3. The van der Waals surface area contributed by atoms with Gasteiger partial charge in [0.05, 0.1) is 25.0 Å². The second-order valence-electron chi connectivity index (χ2n) is 10.3. The van der Waals surface area contributed by atoms with E-state index in [0.717, 1.165) is 5.56 Å². The number of fused-ring (bicyclic) bond motifs is 2. The topological polar surface area (TPSA) is 115 Å². The van der Waals surface area contributed by atoms with Gasteiger partial charge in [0.15, 0.2) is 5.69 Å². The minimum Gasteiger partial charge on any atom is -0.505 e. The van der Waals surface area contributed by atoms with Gasteiger partial charge in [0.2, 0.25) is 0 Å². The molecule has 1 aromatic heterocycles. The van der Waals surface area contributed by atoms with Gasteiger partial charge in [-0.2, -0.15) is 0 Å². The number of aromatic nitrogens is 1. The summed E-state index contributed by atoms with van der Waals surface area (Å²) in [6.07, 6.45) is 3.23. The molecule has 2 aliphatic carbocycles. The summed E-state index contributed by atoms with van der Waals surface area (Å²) in [5, 5.41) is 13.2. The molecule has 5 unspecified atom stereocenters. The smallest absolute Gasteiger partial charge is 0.310 e. The van der Waals surface area contributed by atoms with Crippen LogP contribution in [0.4, 0.5) is 0 Å². The molecule has 8 heteroatoms. The Labute approximate surface area is 211 Å². The number of carbonyl (C=O) groups is 3. The molecule has 0 radical (unpaired) electrons. The van der Waals surface area contributed by atoms with E-state index in [4.69, 9.17) is 9.47 Å². The first-order chi connectivity index (χ1) is 17.3. The molecule has 0 aliphatic heterocycles. The molecule has 192 valence electrons. The highest BCUT2D eigenvalue weighted by Crippen LogP contribution is 2.53. The molecule has 1 aromatic carbocycles. The molecule has 2 fully saturated rings. The number of nitrogens with zero attached hydrogens (tertiary/aromatic N) is 1. The molecular formula is C28H34N2O6. The Morgan fingerprint density at radius 1 is 1.06 bits per heavy atom. The molecule has 2 saturated carbocycles. The van der Waals surface area contributed by atoms with Crippen LogP contribution in [0.15, 0.2) is 42.6 Å². The molecule has 2 bridgehead atoms. The molecule has 1 heterocycles. The molecule has 8 nitrogen and oxygen atoms in total. The van der Waals surface area contributed by atoms with Gasteiger partial charge in [-0.05, 0) is 54.7 Å². The van der Waals surface area contributed by atoms with E-state index in [1.165, 1.54) is 6.20 Å². The zero-order chi connectivity index (χ0) is 25.8. The van der Waals surface area contributed by atoms with E-state index in [9.17, 15) is 19.5 Å². The maximum Gasteiger partial charge on any atom is 0.310 e. The lowest BCUT2D eigenvalue weighted by atomic mass is 9.76. The van der Waals surface area contributed by atoms with Gasteiger partial charge in [-0.25, -0.2) is 4.98 Å². The highest BCUT2D eigenvalue weighted by molar-refractivity contribution is 5.95. The quantitative estimate of drug-likeness (QED) is 0.513. The number of rotatable bonds is 9. The summed E-state index contributed by atoms with van der Waals surface area (Å²) in [6, 6.07) is 11.0. The largest absolute Gasteiger partial charge is 0.505 e. The van der Waals surface area contributed by atoms with Gasteiger partial charge in [0.1, 0.15) is 5.75 Å². The number of hydrogen-bond acceptors (Lipinski definition) is 7. The van der Waals surface area contributed by atoms with Crippen molar-refractivity contribution in [2.45, 2.75) is 46.1 Å². The van der Waals surface area contributed by atoms with Crippen molar-refractivity contribution in [1.82, 2.24) is 10.3 Å². The summed E-state index contributed by atoms with van der Waals surface area (Å²) in [6.45, 7) is 6.12. The fourth-order valence-corrected chi connectivity index (χ4v) is 5.50. The lowest BCUT2D eigenvalue weighted by molar-refractivity contribution is -0.164. The second kappa shape index (κ2) is 11.1. The van der Waals surface area contributed by atoms with Crippen LogP contribution in [0.2, 0.25) is 0 Å². The van der Waals surface area contributed by atoms with Gasteiger partial charge in [-0.3, -0.25) is 14.4 Å². The standard InChI is InChI=1S/C28H34N2O6/c1-16(2)15-36-27(33)22-19-13-20(23(22)28(34)35-12-10-18-7-5-4-6-8-18)21(14-19)30-26(32)24-25(31)17(3)9-11-29-24/h4-9,11,16,19-23,31H,10,12-15H2,1-3H3,(H,30,32). The third-order valence-corrected chi connectivity index (χ3v) is 7.24. The fourth-order valence-electron chi connectivity index (χ4n) is 5.50. The summed E-state index contributed by atoms with van der Waals surface area (Å²) in [5.41, 5.74) is 1.56. The number of carbonyl (C=O) groups excluding carboxylic acids is 3. The van der Waals surface area contributed by atoms with Crippen LogP contribution in [0.25, 0.3) is 0 Å². The van der Waals surface area contributed by atoms with Gasteiger partial charge < -0.3 is 19.9 Å². The van der Waals surface area contributed by atoms with Crippen LogP contribution in [0.5, 0.6) is 5.75 Å². The molecule has 2 aromatic rings. The third kappa shape index (κ3) is 5.53. The lowest BCUT2D eigenvalue weighted by Crippen LogP contribution is -2.48. The Balaban J connectivity index is 1.47. The summed E-state index contributed by atoms with van der Waals surface area (Å²) in [7, 11) is 0. The number of hydrogen-bond donors (Lipinski definition) is 2. The third-order valence-electron chi connectivity index (χ3n) is 7.24. The highest BCUT2D eigenvalue weighted by Gasteiger charge is 2.59. The van der Waals surface area contributed by atoms with E-state index in [0.29, 0.717) is 31.4 Å². The maximum absolute atomic E-state index is 13.3. The molecular weight excluding hydrogens is 460 g/mol. The predicted molar refractivity (Wildman–Crippen MR) is 132 cm³/mol. The van der Waals surface area contributed by atoms with Gasteiger partial charge in [-0.1, -0.05) is 44.2 Å². The van der Waals surface area contributed by atoms with Gasteiger partial charge in [0.25, 0.3) is 5.91 Å². The van der Waals surface area contributed by atoms with E-state index in [2.05, 4.69) is 10.3 Å². The predicted octanol–water partition coefficient (Wildman–Crippen LogP) is 3.45. The number of esters is 2. The van der Waals surface area contributed by atoms with Crippen molar-refractivity contribution in [2.24, 2.45) is 29.6 Å². The Morgan fingerprint density at radius 2 is 1.78 bits per heavy atom. The Morgan fingerprint density at radius 3 is 2.50 bits per heavy atom. The summed E-state index contributed by atoms with van der Waals surface area (Å²) < 4.78 is 11.2. The Kier molecular flexibility index (Phi) is 7.91. The van der Waals surface area contributed by atoms with Crippen LogP contribution in [-0.4, -0.2) is 47.2 Å². The Bertz CT molecular complexity index is 1100. The van der Waals surface area contributed by atoms with Gasteiger partial charge in [0, 0.05) is 18.7 Å². The van der Waals surface area contributed by atoms with Crippen LogP contribution >= 0.6 is 0 Å². The van der Waals surface area contributed by atoms with Crippen LogP contribution in [0, 0.1) is 36.5 Å². The van der Waals surface area contributed by atoms with Crippen molar-refractivity contribution in [1.29, 1.82) is 0 Å². The Hall–Kier alpha value is -3.42. The number of amides is 1. The first kappa shape index (κ1) is 25.7. The average Bonchev–Trinajstić information content (AvgIpc) is 3.43. The van der Waals surface area contributed by atoms with E-state index in [1.807, 2.05) is 44.2 Å². The number of aromatic hydroxyl groups is 1. The van der Waals surface area contributed by atoms with Crippen molar-refractivity contribution >= 4 is 17.8 Å². The number of benzene rings is 1. The van der Waals surface area contributed by atoms with E-state index in [1.54, 1.807) is 13.0 Å². The summed E-state index contributed by atoms with van der Waals surface area (Å²) >= 11 is 0. The monoisotopic (exact) mass is 494 g/mol. The lowest BCUT2D eigenvalue weighted by Gasteiger charge is -2.33. The van der Waals surface area contributed by atoms with Crippen molar-refractivity contribution in [2.75, 3.05) is 13.2 Å². The van der Waals surface area contributed by atoms with E-state index < -0.39 is 23.7 Å². The number of ether oxygens (including phenoxy) is 2. The minimum atomic E-state index is -0.691. The van der Waals surface area contributed by atoms with Crippen molar-refractivity contribution < 1.29 is 29.0 Å². The zero-order valence-electron chi connectivity index (χ0n) is 21.0. The molecule has 2 N–H and O–H groups in total. The summed E-state index contributed by atoms with van der Waals surface area (Å²) in [4.78, 5) is 43.2. The van der Waals surface area contributed by atoms with Crippen LogP contribution < -0.4 is 5.32 Å². The SMILES string of the molecule is Cc1ccnc(C(=O)NC2CC3CC2C(C(=O)OCCc2ccccc2)C3C(=O)OCC(C)C)c1O. The fraction of sp³-hybridized carbons (Fsp3) is 0.500. The molecule has 0 saturated heterocycles. The van der Waals surface area contributed by atoms with Gasteiger partial charge >= 0.3 is 11.9 Å². The number of aryl methyl sites for hydroxylation is 1. The van der Waals surface area contributed by atoms with Crippen molar-refractivity contribution in [3.05, 3.63) is 59.4 Å². The van der Waals surface area contributed by atoms with E-state index in [-0.39, 0.29) is 47.8 Å². The van der Waals surface area contributed by atoms with E-state index >= 15 is 0 Å². The van der Waals surface area contributed by atoms with Crippen molar-refractivity contribution in [3.63, 3.8) is 0 Å². The molecule has 0 spiro atoms. The van der Waals surface area contributed by atoms with Crippen molar-refractivity contribution in [3.8, 4) is 5.75 Å². The molecule has 2 aliphatic rings. The molecule has 4 rings (SSSR count). The van der Waals surface area contributed by atoms with Crippen LogP contribution in [-0.2, 0) is 25.5 Å².